The molecule has 0 bridgehead atoms. The molecule has 2 saturated carbocycles. The third-order valence-electron chi connectivity index (χ3n) is 7.42. The second-order valence-corrected chi connectivity index (χ2v) is 9.96. The van der Waals surface area contributed by atoms with Gasteiger partial charge in [-0.1, -0.05) is 74.3 Å². The molecule has 0 radical (unpaired) electrons. The number of alkyl halides is 2. The lowest BCUT2D eigenvalue weighted by Gasteiger charge is -2.51. The van der Waals surface area contributed by atoms with E-state index in [2.05, 4.69) is 24.3 Å². The summed E-state index contributed by atoms with van der Waals surface area (Å²) >= 11 is 14.4. The zero-order chi connectivity index (χ0) is 18.3. The van der Waals surface area contributed by atoms with Crippen LogP contribution in [0.2, 0.25) is 0 Å². The molecule has 4 rings (SSSR count). The minimum absolute atomic E-state index is 0.352. The summed E-state index contributed by atoms with van der Waals surface area (Å²) in [5.41, 5.74) is -0.978. The summed E-state index contributed by atoms with van der Waals surface area (Å²) in [6, 6.07) is 0. The van der Waals surface area contributed by atoms with E-state index in [-0.39, 0.29) is 0 Å². The molecule has 0 spiro atoms. The van der Waals surface area contributed by atoms with Gasteiger partial charge >= 0.3 is 0 Å². The summed E-state index contributed by atoms with van der Waals surface area (Å²) in [5.74, 6) is 0.352. The Kier molecular flexibility index (Phi) is 4.77. The van der Waals surface area contributed by atoms with E-state index >= 15 is 0 Å². The van der Waals surface area contributed by atoms with Gasteiger partial charge in [0.25, 0.3) is 0 Å². The van der Waals surface area contributed by atoms with Crippen molar-refractivity contribution in [1.82, 2.24) is 0 Å². The Bertz CT molecular complexity index is 631. The maximum absolute atomic E-state index is 14.4. The number of rotatable bonds is 4. The van der Waals surface area contributed by atoms with E-state index in [1.54, 1.807) is 0 Å². The van der Waals surface area contributed by atoms with Crippen molar-refractivity contribution in [3.8, 4) is 0 Å². The van der Waals surface area contributed by atoms with E-state index in [4.69, 9.17) is 23.2 Å². The largest absolute Gasteiger partial charge is 0.298 e. The first-order valence-corrected chi connectivity index (χ1v) is 10.9. The molecule has 0 aliphatic heterocycles. The zero-order valence-corrected chi connectivity index (χ0v) is 16.9. The third kappa shape index (κ3) is 2.53. The average Bonchev–Trinajstić information content (AvgIpc) is 3.34. The maximum Gasteiger partial charge on any atom is 0.149 e. The number of hydrogen-bond donors (Lipinski definition) is 0. The summed E-state index contributed by atoms with van der Waals surface area (Å²) in [4.78, 5) is 13.2. The van der Waals surface area contributed by atoms with Crippen molar-refractivity contribution in [2.75, 3.05) is 0 Å². The van der Waals surface area contributed by atoms with Gasteiger partial charge < -0.3 is 0 Å². The molecule has 26 heavy (non-hydrogen) atoms. The zero-order valence-electron chi connectivity index (χ0n) is 15.4. The molecule has 0 aromatic heterocycles. The Morgan fingerprint density at radius 3 is 1.35 bits per heavy atom. The highest BCUT2D eigenvalue weighted by Crippen LogP contribution is 2.63. The van der Waals surface area contributed by atoms with Gasteiger partial charge in [0.2, 0.25) is 0 Å². The van der Waals surface area contributed by atoms with Crippen LogP contribution in [-0.2, 0) is 4.79 Å². The predicted molar refractivity (Wildman–Crippen MR) is 110 cm³/mol. The van der Waals surface area contributed by atoms with Crippen LogP contribution in [0.5, 0.6) is 0 Å². The van der Waals surface area contributed by atoms with Crippen LogP contribution >= 0.6 is 23.2 Å². The highest BCUT2D eigenvalue weighted by atomic mass is 35.5. The van der Waals surface area contributed by atoms with Crippen LogP contribution in [0.25, 0.3) is 0 Å². The first-order valence-electron chi connectivity index (χ1n) is 10.1. The molecule has 0 aromatic rings. The number of hydrogen-bond acceptors (Lipinski definition) is 1. The van der Waals surface area contributed by atoms with Crippen molar-refractivity contribution >= 4 is 29.0 Å². The van der Waals surface area contributed by atoms with Gasteiger partial charge in [-0.15, -0.1) is 23.2 Å². The number of carbonyl (C=O) groups is 1. The van der Waals surface area contributed by atoms with E-state index in [1.807, 2.05) is 24.3 Å². The van der Waals surface area contributed by atoms with Crippen molar-refractivity contribution in [1.29, 1.82) is 0 Å². The Labute approximate surface area is 167 Å². The fourth-order valence-corrected chi connectivity index (χ4v) is 6.85. The highest BCUT2D eigenvalue weighted by Gasteiger charge is 2.65. The predicted octanol–water partition coefficient (Wildman–Crippen LogP) is 6.66. The molecule has 3 heteroatoms. The van der Waals surface area contributed by atoms with E-state index in [9.17, 15) is 4.79 Å². The van der Waals surface area contributed by atoms with Crippen LogP contribution in [0.4, 0.5) is 0 Å². The lowest BCUT2D eigenvalue weighted by atomic mass is 9.56. The summed E-state index contributed by atoms with van der Waals surface area (Å²) in [6.45, 7) is 0. The van der Waals surface area contributed by atoms with Crippen LogP contribution in [0.3, 0.4) is 0 Å². The third-order valence-corrected chi connectivity index (χ3v) is 8.70. The lowest BCUT2D eigenvalue weighted by molar-refractivity contribution is -0.142. The Hall–Kier alpha value is -0.790. The van der Waals surface area contributed by atoms with Crippen molar-refractivity contribution in [2.45, 2.75) is 74.0 Å². The summed E-state index contributed by atoms with van der Waals surface area (Å²) in [7, 11) is 0. The first-order chi connectivity index (χ1) is 12.5. The molecule has 2 atom stereocenters. The van der Waals surface area contributed by atoms with Gasteiger partial charge in [-0.05, 0) is 38.5 Å². The highest BCUT2D eigenvalue weighted by molar-refractivity contribution is 6.30. The fourth-order valence-electron chi connectivity index (χ4n) is 5.98. The van der Waals surface area contributed by atoms with Gasteiger partial charge in [0.05, 0.1) is 20.6 Å². The molecule has 0 heterocycles. The average molecular weight is 391 g/mol. The molecular weight excluding hydrogens is 363 g/mol. The van der Waals surface area contributed by atoms with Crippen molar-refractivity contribution in [2.24, 2.45) is 10.8 Å². The lowest BCUT2D eigenvalue weighted by Crippen LogP contribution is -2.58. The molecule has 2 unspecified atom stereocenters. The molecule has 2 fully saturated rings. The molecule has 4 aliphatic carbocycles. The molecule has 140 valence electrons. The topological polar surface area (TPSA) is 17.1 Å². The van der Waals surface area contributed by atoms with Crippen LogP contribution in [0.15, 0.2) is 48.6 Å². The minimum Gasteiger partial charge on any atom is -0.298 e. The number of allylic oxidation sites excluding steroid dienone is 8. The van der Waals surface area contributed by atoms with Crippen molar-refractivity contribution in [3.05, 3.63) is 48.6 Å². The van der Waals surface area contributed by atoms with Crippen LogP contribution in [0, 0.1) is 10.8 Å². The van der Waals surface area contributed by atoms with Gasteiger partial charge in [-0.3, -0.25) is 4.79 Å². The summed E-state index contributed by atoms with van der Waals surface area (Å²) < 4.78 is 0. The molecule has 0 amide bonds. The standard InChI is InChI=1S/C23H28Cl2O/c24-22(15-3-1-4-16-22)20(11-7-8-12-20)19(26)21(13-9-10-14-21)23(25)17-5-2-6-18-23/h1-6,15,17H,7-14,16,18H2. The van der Waals surface area contributed by atoms with Crippen molar-refractivity contribution < 1.29 is 4.79 Å². The van der Waals surface area contributed by atoms with Gasteiger partial charge in [-0.25, -0.2) is 0 Å². The van der Waals surface area contributed by atoms with Gasteiger partial charge in [0.1, 0.15) is 5.78 Å². The van der Waals surface area contributed by atoms with E-state index in [0.29, 0.717) is 5.78 Å². The van der Waals surface area contributed by atoms with E-state index < -0.39 is 20.6 Å². The molecule has 0 N–H and O–H groups in total. The molecular formula is C23H28Cl2O. The summed E-state index contributed by atoms with van der Waals surface area (Å²) in [6.07, 6.45) is 25.9. The van der Waals surface area contributed by atoms with Gasteiger partial charge in [-0.2, -0.15) is 0 Å². The van der Waals surface area contributed by atoms with Crippen LogP contribution in [0.1, 0.15) is 64.2 Å². The van der Waals surface area contributed by atoms with E-state index in [1.165, 1.54) is 0 Å². The van der Waals surface area contributed by atoms with Crippen LogP contribution < -0.4 is 0 Å². The molecule has 0 aromatic carbocycles. The number of ketones is 1. The number of carbonyl (C=O) groups excluding carboxylic acids is 1. The molecule has 4 aliphatic rings. The SMILES string of the molecule is O=C(C1(C2(Cl)C=CC=CC2)CCCC1)C1(C2(Cl)C=CC=CC2)CCCC1. The smallest absolute Gasteiger partial charge is 0.149 e. The van der Waals surface area contributed by atoms with Crippen LogP contribution in [-0.4, -0.2) is 15.5 Å². The quantitative estimate of drug-likeness (QED) is 0.490. The monoisotopic (exact) mass is 390 g/mol. The molecule has 1 nitrogen and oxygen atoms in total. The summed E-state index contributed by atoms with van der Waals surface area (Å²) in [5, 5.41) is 0. The Morgan fingerprint density at radius 1 is 0.654 bits per heavy atom. The second-order valence-electron chi connectivity index (χ2n) is 8.62. The number of Topliss-reactive ketones (excluding diaryl/α,β-unsaturated/α-hetero) is 1. The second kappa shape index (κ2) is 6.67. The van der Waals surface area contributed by atoms with Crippen molar-refractivity contribution in [3.63, 3.8) is 0 Å². The fraction of sp³-hybridized carbons (Fsp3) is 0.609. The minimum atomic E-state index is -0.605. The Balaban J connectivity index is 1.79. The first kappa shape index (κ1) is 18.6. The normalized spacial score (nSPS) is 37.3. The van der Waals surface area contributed by atoms with Gasteiger partial charge in [0, 0.05) is 0 Å². The Morgan fingerprint density at radius 2 is 1.04 bits per heavy atom. The van der Waals surface area contributed by atoms with E-state index in [0.717, 1.165) is 64.2 Å². The number of halogens is 2. The van der Waals surface area contributed by atoms with Gasteiger partial charge in [0.15, 0.2) is 0 Å². The maximum atomic E-state index is 14.4. The molecule has 0 saturated heterocycles.